The Morgan fingerprint density at radius 2 is 1.84 bits per heavy atom. The monoisotopic (exact) mass is 285 g/mol. The van der Waals surface area contributed by atoms with Crippen LogP contribution in [0.25, 0.3) is 0 Å². The highest BCUT2D eigenvalue weighted by Gasteiger charge is 2.33. The minimum Gasteiger partial charge on any atom is -0.493 e. The summed E-state index contributed by atoms with van der Waals surface area (Å²) in [6.07, 6.45) is 0.997. The van der Waals surface area contributed by atoms with Crippen LogP contribution in [0.15, 0.2) is 12.1 Å². The van der Waals surface area contributed by atoms with Crippen molar-refractivity contribution in [2.45, 2.75) is 18.6 Å². The minimum atomic E-state index is 0. The Morgan fingerprint density at radius 1 is 1.00 bits per heavy atom. The molecule has 0 bridgehead atoms. The van der Waals surface area contributed by atoms with Crippen molar-refractivity contribution >= 4 is 12.4 Å². The molecular formula is C13H16ClNO4. The van der Waals surface area contributed by atoms with Crippen molar-refractivity contribution in [1.29, 1.82) is 0 Å². The summed E-state index contributed by atoms with van der Waals surface area (Å²) in [5.74, 6) is 2.40. The van der Waals surface area contributed by atoms with Gasteiger partial charge in [-0.15, -0.1) is 12.4 Å². The number of benzene rings is 1. The van der Waals surface area contributed by atoms with E-state index in [1.54, 1.807) is 0 Å². The highest BCUT2D eigenvalue weighted by atomic mass is 35.5. The van der Waals surface area contributed by atoms with E-state index in [0.717, 1.165) is 42.4 Å². The van der Waals surface area contributed by atoms with Crippen LogP contribution in [0.5, 0.6) is 17.2 Å². The van der Waals surface area contributed by atoms with Crippen molar-refractivity contribution in [2.24, 2.45) is 0 Å². The molecule has 1 aromatic rings. The van der Waals surface area contributed by atoms with Gasteiger partial charge in [-0.25, -0.2) is 0 Å². The fraction of sp³-hybridized carbons (Fsp3) is 0.538. The zero-order valence-corrected chi connectivity index (χ0v) is 11.2. The molecule has 0 aliphatic carbocycles. The standard InChI is InChI=1S/C13H15NO4.ClH/c1-3-15-10-6-12-11(17-7-18-12)5-8(10)13-9(1)14-2-4-16-13;/h5-6,9,13-14H,1-4,7H2;1H/t9-,13-;/m1./s1. The van der Waals surface area contributed by atoms with E-state index < -0.39 is 0 Å². The minimum absolute atomic E-state index is 0. The number of fused-ring (bicyclic) bond motifs is 4. The van der Waals surface area contributed by atoms with Gasteiger partial charge in [-0.3, -0.25) is 0 Å². The maximum absolute atomic E-state index is 5.91. The molecule has 0 radical (unpaired) electrons. The topological polar surface area (TPSA) is 49.0 Å². The molecule has 1 aromatic carbocycles. The van der Waals surface area contributed by atoms with E-state index >= 15 is 0 Å². The van der Waals surface area contributed by atoms with Crippen LogP contribution < -0.4 is 19.5 Å². The van der Waals surface area contributed by atoms with Crippen molar-refractivity contribution in [3.05, 3.63) is 17.7 Å². The van der Waals surface area contributed by atoms with E-state index in [4.69, 9.17) is 18.9 Å². The van der Waals surface area contributed by atoms with Crippen molar-refractivity contribution in [2.75, 3.05) is 26.6 Å². The Kier molecular flexibility index (Phi) is 3.43. The maximum Gasteiger partial charge on any atom is 0.231 e. The lowest BCUT2D eigenvalue weighted by Gasteiger charge is -2.31. The summed E-state index contributed by atoms with van der Waals surface area (Å²) in [6.45, 7) is 2.62. The zero-order chi connectivity index (χ0) is 11.9. The SMILES string of the molecule is Cl.c1c2c(cc3c1OCC[C@H]1NCCO[C@H]31)OCO2. The van der Waals surface area contributed by atoms with Gasteiger partial charge in [0.25, 0.3) is 0 Å². The Bertz CT molecular complexity index is 482. The smallest absolute Gasteiger partial charge is 0.231 e. The van der Waals surface area contributed by atoms with Gasteiger partial charge in [0.05, 0.1) is 13.2 Å². The van der Waals surface area contributed by atoms with E-state index in [-0.39, 0.29) is 25.3 Å². The summed E-state index contributed by atoms with van der Waals surface area (Å²) >= 11 is 0. The van der Waals surface area contributed by atoms with Crippen LogP contribution in [0.3, 0.4) is 0 Å². The summed E-state index contributed by atoms with van der Waals surface area (Å²) in [5.41, 5.74) is 1.06. The number of hydrogen-bond donors (Lipinski definition) is 1. The van der Waals surface area contributed by atoms with Crippen LogP contribution in [0.2, 0.25) is 0 Å². The van der Waals surface area contributed by atoms with Gasteiger partial charge in [-0.2, -0.15) is 0 Å². The Hall–Kier alpha value is -1.17. The van der Waals surface area contributed by atoms with Gasteiger partial charge in [0.15, 0.2) is 11.5 Å². The fourth-order valence-electron chi connectivity index (χ4n) is 2.80. The average molecular weight is 286 g/mol. The van der Waals surface area contributed by atoms with Crippen molar-refractivity contribution in [3.8, 4) is 17.2 Å². The molecule has 4 rings (SSSR count). The lowest BCUT2D eigenvalue weighted by atomic mass is 9.98. The molecule has 3 aliphatic heterocycles. The molecule has 3 aliphatic rings. The van der Waals surface area contributed by atoms with E-state index in [9.17, 15) is 0 Å². The molecule has 0 amide bonds. The van der Waals surface area contributed by atoms with Crippen LogP contribution in [-0.2, 0) is 4.74 Å². The number of halogens is 1. The van der Waals surface area contributed by atoms with Crippen molar-refractivity contribution in [1.82, 2.24) is 5.32 Å². The number of ether oxygens (including phenoxy) is 4. The lowest BCUT2D eigenvalue weighted by molar-refractivity contribution is -0.00593. The third-order valence-electron chi connectivity index (χ3n) is 3.67. The molecule has 104 valence electrons. The molecule has 5 nitrogen and oxygen atoms in total. The first-order chi connectivity index (χ1) is 8.92. The summed E-state index contributed by atoms with van der Waals surface area (Å²) in [6, 6.07) is 4.23. The molecule has 0 spiro atoms. The van der Waals surface area contributed by atoms with Gasteiger partial charge in [0.1, 0.15) is 11.9 Å². The van der Waals surface area contributed by atoms with E-state index in [2.05, 4.69) is 5.32 Å². The second kappa shape index (κ2) is 5.07. The largest absolute Gasteiger partial charge is 0.493 e. The number of morpholine rings is 1. The maximum atomic E-state index is 5.91. The van der Waals surface area contributed by atoms with Crippen LogP contribution in [0, 0.1) is 0 Å². The van der Waals surface area contributed by atoms with Crippen LogP contribution in [-0.4, -0.2) is 32.6 Å². The Labute approximate surface area is 117 Å². The molecule has 1 saturated heterocycles. The van der Waals surface area contributed by atoms with Crippen molar-refractivity contribution in [3.63, 3.8) is 0 Å². The fourth-order valence-corrected chi connectivity index (χ4v) is 2.80. The van der Waals surface area contributed by atoms with Gasteiger partial charge in [0, 0.05) is 24.2 Å². The van der Waals surface area contributed by atoms with Gasteiger partial charge < -0.3 is 24.3 Å². The first-order valence-corrected chi connectivity index (χ1v) is 6.33. The van der Waals surface area contributed by atoms with E-state index in [0.29, 0.717) is 12.6 Å². The molecule has 1 fully saturated rings. The quantitative estimate of drug-likeness (QED) is 0.785. The first kappa shape index (κ1) is 12.8. The van der Waals surface area contributed by atoms with Gasteiger partial charge in [0.2, 0.25) is 6.79 Å². The molecule has 19 heavy (non-hydrogen) atoms. The zero-order valence-electron chi connectivity index (χ0n) is 10.4. The molecule has 1 N–H and O–H groups in total. The number of nitrogens with one attached hydrogen (secondary N) is 1. The summed E-state index contributed by atoms with van der Waals surface area (Å²) < 4.78 is 22.5. The van der Waals surface area contributed by atoms with Gasteiger partial charge in [-0.05, 0) is 12.5 Å². The highest BCUT2D eigenvalue weighted by molar-refractivity contribution is 5.85. The Morgan fingerprint density at radius 3 is 2.74 bits per heavy atom. The molecule has 6 heteroatoms. The molecule has 3 heterocycles. The summed E-state index contributed by atoms with van der Waals surface area (Å²) in [4.78, 5) is 0. The van der Waals surface area contributed by atoms with Crippen LogP contribution in [0.4, 0.5) is 0 Å². The van der Waals surface area contributed by atoms with Crippen LogP contribution in [0.1, 0.15) is 18.1 Å². The first-order valence-electron chi connectivity index (χ1n) is 6.33. The Balaban J connectivity index is 0.00000110. The van der Waals surface area contributed by atoms with Crippen molar-refractivity contribution < 1.29 is 18.9 Å². The normalized spacial score (nSPS) is 27.4. The van der Waals surface area contributed by atoms with Gasteiger partial charge >= 0.3 is 0 Å². The molecule has 0 aromatic heterocycles. The predicted octanol–water partition coefficient (Wildman–Crippen LogP) is 1.65. The second-order valence-electron chi connectivity index (χ2n) is 4.73. The highest BCUT2D eigenvalue weighted by Crippen LogP contribution is 2.44. The molecular weight excluding hydrogens is 270 g/mol. The lowest BCUT2D eigenvalue weighted by Crippen LogP contribution is -2.43. The summed E-state index contributed by atoms with van der Waals surface area (Å²) in [7, 11) is 0. The average Bonchev–Trinajstić information content (AvgIpc) is 2.78. The van der Waals surface area contributed by atoms with E-state index in [1.807, 2.05) is 12.1 Å². The second-order valence-corrected chi connectivity index (χ2v) is 4.73. The molecule has 0 unspecified atom stereocenters. The summed E-state index contributed by atoms with van der Waals surface area (Å²) in [5, 5.41) is 3.49. The van der Waals surface area contributed by atoms with Gasteiger partial charge in [-0.1, -0.05) is 0 Å². The molecule has 0 saturated carbocycles. The van der Waals surface area contributed by atoms with E-state index in [1.165, 1.54) is 0 Å². The number of rotatable bonds is 0. The predicted molar refractivity (Wildman–Crippen MR) is 70.4 cm³/mol. The van der Waals surface area contributed by atoms with Crippen LogP contribution >= 0.6 is 12.4 Å². The third kappa shape index (κ3) is 2.12. The molecule has 2 atom stereocenters. The third-order valence-corrected chi connectivity index (χ3v) is 3.67. The number of hydrogen-bond acceptors (Lipinski definition) is 5.